The zero-order chi connectivity index (χ0) is 17.3. The molecule has 1 aliphatic rings. The number of nitrogens with zero attached hydrogens (tertiary/aromatic N) is 4. The summed E-state index contributed by atoms with van der Waals surface area (Å²) in [5, 5.41) is 0. The fourth-order valence-electron chi connectivity index (χ4n) is 2.21. The molecule has 0 N–H and O–H groups in total. The second kappa shape index (κ2) is 7.98. The molecule has 0 spiro atoms. The van der Waals surface area contributed by atoms with E-state index in [0.717, 1.165) is 0 Å². The molecular formula is C8H24Cl4N4P4Pt. The van der Waals surface area contributed by atoms with Gasteiger partial charge in [-0.25, -0.2) is 18.1 Å². The van der Waals surface area contributed by atoms with E-state index in [1.165, 1.54) is 0 Å². The zero-order valence-corrected chi connectivity index (χ0v) is 22.3. The van der Waals surface area contributed by atoms with Gasteiger partial charge in [-0.2, -0.15) is 0 Å². The first-order valence-electron chi connectivity index (χ1n) is 5.66. The van der Waals surface area contributed by atoms with E-state index in [-0.39, 0.29) is 0 Å². The van der Waals surface area contributed by atoms with Gasteiger partial charge in [0.05, 0.1) is 28.8 Å². The van der Waals surface area contributed by atoms with Gasteiger partial charge in [-0.15, -0.1) is 0 Å². The summed E-state index contributed by atoms with van der Waals surface area (Å²) in [6, 6.07) is 0. The number of hydrogen-bond acceptors (Lipinski definition) is 4. The van der Waals surface area contributed by atoms with Gasteiger partial charge in [0, 0.05) is 0 Å². The second-order valence-corrected chi connectivity index (χ2v) is 39.2. The first-order chi connectivity index (χ1) is 8.83. The van der Waals surface area contributed by atoms with Crippen LogP contribution in [0.5, 0.6) is 0 Å². The average Bonchev–Trinajstić information content (AvgIpc) is 1.83. The van der Waals surface area contributed by atoms with Crippen LogP contribution in [-0.2, 0) is 11.9 Å². The normalized spacial score (nSPS) is 26.1. The maximum atomic E-state index is 5.01. The van der Waals surface area contributed by atoms with Crippen molar-refractivity contribution in [2.24, 2.45) is 18.1 Å². The summed E-state index contributed by atoms with van der Waals surface area (Å²) in [6.07, 6.45) is 0. The van der Waals surface area contributed by atoms with Crippen LogP contribution in [-0.4, -0.2) is 53.3 Å². The van der Waals surface area contributed by atoms with E-state index in [1.807, 2.05) is 0 Å². The summed E-state index contributed by atoms with van der Waals surface area (Å²) in [5.74, 6) is 0. The Morgan fingerprint density at radius 1 is 0.476 bits per heavy atom. The minimum atomic E-state index is -3.06. The first kappa shape index (κ1) is 23.8. The van der Waals surface area contributed by atoms with Gasteiger partial charge in [0.25, 0.3) is 0 Å². The molecule has 0 unspecified atom stereocenters. The van der Waals surface area contributed by atoms with Crippen LogP contribution in [0.25, 0.3) is 0 Å². The monoisotopic (exact) mass is 635 g/mol. The molecule has 0 radical (unpaired) electrons. The molecule has 0 atom stereocenters. The van der Waals surface area contributed by atoms with Gasteiger partial charge in [0.15, 0.2) is 0 Å². The third kappa shape index (κ3) is 13.7. The summed E-state index contributed by atoms with van der Waals surface area (Å²) in [5.41, 5.74) is 0. The van der Waals surface area contributed by atoms with Crippen LogP contribution >= 0.6 is 66.5 Å². The minimum absolute atomic E-state index is 1.53. The van der Waals surface area contributed by atoms with Crippen molar-refractivity contribution in [2.75, 3.05) is 53.3 Å². The van der Waals surface area contributed by atoms with Crippen molar-refractivity contribution in [1.82, 2.24) is 0 Å². The van der Waals surface area contributed by atoms with Gasteiger partial charge < -0.3 is 0 Å². The second-order valence-electron chi connectivity index (χ2n) is 5.98. The van der Waals surface area contributed by atoms with Gasteiger partial charge in [-0.3, -0.25) is 0 Å². The molecule has 21 heavy (non-hydrogen) atoms. The molecule has 13 heteroatoms. The SMILES string of the molecule is CP1(C)=NP(C)(C)=NP(C)(C)=NP(C)(C)=N1.[Cl][Pt]([Cl])([Cl])[Cl]. The Morgan fingerprint density at radius 2 is 0.571 bits per heavy atom. The van der Waals surface area contributed by atoms with Crippen molar-refractivity contribution in [3.63, 3.8) is 0 Å². The van der Waals surface area contributed by atoms with Gasteiger partial charge in [-0.05, 0) is 53.3 Å². The first-order valence-corrected chi connectivity index (χ1v) is 27.3. The van der Waals surface area contributed by atoms with Crippen molar-refractivity contribution in [2.45, 2.75) is 0 Å². The molecule has 0 aromatic carbocycles. The summed E-state index contributed by atoms with van der Waals surface area (Å²) in [6.45, 7) is 17.4. The van der Waals surface area contributed by atoms with Crippen LogP contribution < -0.4 is 0 Å². The maximum absolute atomic E-state index is 5.01. The van der Waals surface area contributed by atoms with Crippen LogP contribution in [0.1, 0.15) is 0 Å². The molecule has 0 fully saturated rings. The van der Waals surface area contributed by atoms with E-state index >= 15 is 0 Å². The van der Waals surface area contributed by atoms with E-state index in [1.54, 1.807) is 0 Å². The van der Waals surface area contributed by atoms with Crippen molar-refractivity contribution in [3.8, 4) is 0 Å². The fraction of sp³-hybridized carbons (Fsp3) is 1.00. The van der Waals surface area contributed by atoms with Crippen molar-refractivity contribution in [3.05, 3.63) is 0 Å². The fourth-order valence-corrected chi connectivity index (χ4v) is 21.2. The Bertz CT molecular complexity index is 476. The molecule has 134 valence electrons. The molecule has 4 nitrogen and oxygen atoms in total. The Kier molecular flexibility index (Phi) is 9.03. The van der Waals surface area contributed by atoms with E-state index in [9.17, 15) is 0 Å². The topological polar surface area (TPSA) is 49.4 Å². The number of hydrogen-bond donors (Lipinski definition) is 0. The van der Waals surface area contributed by atoms with E-state index in [4.69, 9.17) is 55.7 Å². The van der Waals surface area contributed by atoms with Crippen LogP contribution in [0, 0.1) is 0 Å². The van der Waals surface area contributed by atoms with Crippen LogP contribution in [0.4, 0.5) is 0 Å². The van der Waals surface area contributed by atoms with Gasteiger partial charge in [0.2, 0.25) is 0 Å². The van der Waals surface area contributed by atoms with Gasteiger partial charge >= 0.3 is 49.6 Å². The molecule has 0 aliphatic carbocycles. The van der Waals surface area contributed by atoms with Crippen LogP contribution in [0.2, 0.25) is 0 Å². The van der Waals surface area contributed by atoms with Crippen LogP contribution in [0.3, 0.4) is 0 Å². The molecule has 0 aromatic heterocycles. The zero-order valence-electron chi connectivity index (χ0n) is 13.4. The molecular weight excluding hydrogens is 613 g/mol. The summed E-state index contributed by atoms with van der Waals surface area (Å²) < 4.78 is 19.9. The quantitative estimate of drug-likeness (QED) is 0.241. The van der Waals surface area contributed by atoms with E-state index in [0.29, 0.717) is 0 Å². The number of halogens is 4. The van der Waals surface area contributed by atoms with Crippen molar-refractivity contribution in [1.29, 1.82) is 0 Å². The van der Waals surface area contributed by atoms with Crippen LogP contribution in [0.15, 0.2) is 18.1 Å². The number of rotatable bonds is 0. The summed E-state index contributed by atoms with van der Waals surface area (Å²) in [7, 11) is 13.9. The van der Waals surface area contributed by atoms with Crippen molar-refractivity contribution < 1.29 is 11.9 Å². The molecule has 0 aromatic rings. The molecule has 0 saturated heterocycles. The standard InChI is InChI=1S/C8H24N4P4.4ClH.Pt/c1-13(2)9-14(3,4)11-16(7,8)12-15(5,6)10-13;;;;;/h1-8H3;4*1H;/q;;;;;+4/p-4. The molecule has 1 aliphatic heterocycles. The molecule has 1 heterocycles. The molecule has 0 amide bonds. The Hall–Kier alpha value is 2.77. The summed E-state index contributed by atoms with van der Waals surface area (Å²) in [4.78, 5) is 0. The average molecular weight is 637 g/mol. The summed E-state index contributed by atoms with van der Waals surface area (Å²) >= 11 is -3.06. The molecule has 0 saturated carbocycles. The van der Waals surface area contributed by atoms with Gasteiger partial charge in [0.1, 0.15) is 0 Å². The predicted molar refractivity (Wildman–Crippen MR) is 108 cm³/mol. The predicted octanol–water partition coefficient (Wildman–Crippen LogP) is 8.26. The third-order valence-electron chi connectivity index (χ3n) is 1.75. The third-order valence-corrected chi connectivity index (χ3v) is 15.8. The van der Waals surface area contributed by atoms with E-state index in [2.05, 4.69) is 53.3 Å². The molecule has 1 rings (SSSR count). The van der Waals surface area contributed by atoms with E-state index < -0.39 is 40.7 Å². The Balaban J connectivity index is 0.000000690. The van der Waals surface area contributed by atoms with Crippen molar-refractivity contribution >= 4 is 66.5 Å². The van der Waals surface area contributed by atoms with Gasteiger partial charge in [-0.1, -0.05) is 0 Å². The molecule has 0 bridgehead atoms. The Morgan fingerprint density at radius 3 is 0.667 bits per heavy atom. The Labute approximate surface area is 148 Å².